The number of phenolic OH excluding ortho intramolecular Hbond substituents is 1. The molecule has 0 bridgehead atoms. The standard InChI is InChI=1S/C29H44O2/c1-3-4-5-6-7-8-9-10-11-12-21-19-22-20-23(30)13-14-24(22)25-17-18-29(2)26(28(21)25)15-16-27(29)31/h3,13-14,20-21,25-28,30-31H,1,4-12,15-19H2,2H3/t21-,25?,26?,27?,28?,29?/m1/s1. The second-order valence-corrected chi connectivity index (χ2v) is 11.1. The number of benzene rings is 1. The highest BCUT2D eigenvalue weighted by molar-refractivity contribution is 5.40. The summed E-state index contributed by atoms with van der Waals surface area (Å²) in [6, 6.07) is 6.14. The maximum absolute atomic E-state index is 10.8. The van der Waals surface area contributed by atoms with Crippen LogP contribution in [0.15, 0.2) is 30.9 Å². The van der Waals surface area contributed by atoms with Crippen molar-refractivity contribution in [3.05, 3.63) is 42.0 Å². The number of fused-ring (bicyclic) bond motifs is 5. The summed E-state index contributed by atoms with van der Waals surface area (Å²) in [5.41, 5.74) is 3.02. The molecule has 6 atom stereocenters. The predicted octanol–water partition coefficient (Wildman–Crippen LogP) is 7.53. The average molecular weight is 425 g/mol. The van der Waals surface area contributed by atoms with E-state index in [-0.39, 0.29) is 11.5 Å². The first-order valence-electron chi connectivity index (χ1n) is 13.2. The SMILES string of the molecule is C=CCCCCCCCCC[C@@H]1Cc2cc(O)ccc2C2CCC3(C)C(O)CCC3C21. The molecule has 0 amide bonds. The number of aliphatic hydroxyl groups excluding tert-OH is 1. The van der Waals surface area contributed by atoms with Gasteiger partial charge in [0.15, 0.2) is 0 Å². The Hall–Kier alpha value is -1.28. The molecule has 0 aromatic heterocycles. The number of aromatic hydroxyl groups is 1. The third kappa shape index (κ3) is 4.75. The van der Waals surface area contributed by atoms with Gasteiger partial charge in [-0.25, -0.2) is 0 Å². The number of unbranched alkanes of at least 4 members (excludes halogenated alkanes) is 7. The van der Waals surface area contributed by atoms with E-state index in [1.165, 1.54) is 75.3 Å². The third-order valence-corrected chi connectivity index (χ3v) is 9.32. The molecule has 1 aromatic rings. The number of rotatable bonds is 10. The van der Waals surface area contributed by atoms with Crippen molar-refractivity contribution in [3.8, 4) is 5.75 Å². The number of hydrogen-bond donors (Lipinski definition) is 2. The van der Waals surface area contributed by atoms with Gasteiger partial charge in [-0.1, -0.05) is 57.6 Å². The van der Waals surface area contributed by atoms with Crippen LogP contribution in [0.2, 0.25) is 0 Å². The maximum Gasteiger partial charge on any atom is 0.115 e. The summed E-state index contributed by atoms with van der Waals surface area (Å²) in [5.74, 6) is 3.14. The Morgan fingerprint density at radius 1 is 1.03 bits per heavy atom. The molecular formula is C29H44O2. The molecule has 2 saturated carbocycles. The fourth-order valence-electron chi connectivity index (χ4n) is 7.61. The van der Waals surface area contributed by atoms with E-state index in [2.05, 4.69) is 19.6 Å². The molecule has 4 rings (SSSR count). The van der Waals surface area contributed by atoms with Crippen molar-refractivity contribution in [3.63, 3.8) is 0 Å². The van der Waals surface area contributed by atoms with Gasteiger partial charge in [-0.05, 0) is 104 Å². The van der Waals surface area contributed by atoms with Crippen molar-refractivity contribution in [1.82, 2.24) is 0 Å². The first-order chi connectivity index (χ1) is 15.0. The van der Waals surface area contributed by atoms with Gasteiger partial charge in [0.25, 0.3) is 0 Å². The molecule has 172 valence electrons. The van der Waals surface area contributed by atoms with Crippen LogP contribution in [0.1, 0.15) is 107 Å². The van der Waals surface area contributed by atoms with E-state index in [9.17, 15) is 10.2 Å². The number of allylic oxidation sites excluding steroid dienone is 1. The van der Waals surface area contributed by atoms with Crippen LogP contribution in [-0.2, 0) is 6.42 Å². The van der Waals surface area contributed by atoms with Crippen molar-refractivity contribution in [2.24, 2.45) is 23.2 Å². The quantitative estimate of drug-likeness (QED) is 0.301. The second kappa shape index (κ2) is 10.1. The molecule has 0 heterocycles. The highest BCUT2D eigenvalue weighted by Crippen LogP contribution is 2.62. The van der Waals surface area contributed by atoms with E-state index >= 15 is 0 Å². The molecule has 0 radical (unpaired) electrons. The molecule has 2 heteroatoms. The topological polar surface area (TPSA) is 40.5 Å². The van der Waals surface area contributed by atoms with Crippen LogP contribution in [0.25, 0.3) is 0 Å². The Labute approximate surface area is 190 Å². The minimum atomic E-state index is -0.110. The van der Waals surface area contributed by atoms with Crippen molar-refractivity contribution in [2.75, 3.05) is 0 Å². The fraction of sp³-hybridized carbons (Fsp3) is 0.724. The second-order valence-electron chi connectivity index (χ2n) is 11.1. The predicted molar refractivity (Wildman–Crippen MR) is 129 cm³/mol. The highest BCUT2D eigenvalue weighted by atomic mass is 16.3. The smallest absolute Gasteiger partial charge is 0.115 e. The Morgan fingerprint density at radius 3 is 2.55 bits per heavy atom. The lowest BCUT2D eigenvalue weighted by Crippen LogP contribution is -2.47. The third-order valence-electron chi connectivity index (χ3n) is 9.32. The van der Waals surface area contributed by atoms with Crippen LogP contribution in [-0.4, -0.2) is 16.3 Å². The average Bonchev–Trinajstić information content (AvgIpc) is 3.06. The van der Waals surface area contributed by atoms with Crippen LogP contribution in [0.4, 0.5) is 0 Å². The molecule has 3 aliphatic rings. The van der Waals surface area contributed by atoms with E-state index in [1.807, 2.05) is 18.2 Å². The first kappa shape index (κ1) is 22.9. The summed E-state index contributed by atoms with van der Waals surface area (Å²) in [4.78, 5) is 0. The molecule has 1 aromatic carbocycles. The van der Waals surface area contributed by atoms with Crippen LogP contribution in [0, 0.1) is 23.2 Å². The molecule has 2 nitrogen and oxygen atoms in total. The van der Waals surface area contributed by atoms with Crippen molar-refractivity contribution >= 4 is 0 Å². The Balaban J connectivity index is 1.39. The van der Waals surface area contributed by atoms with Gasteiger partial charge in [-0.15, -0.1) is 6.58 Å². The lowest BCUT2D eigenvalue weighted by atomic mass is 9.52. The van der Waals surface area contributed by atoms with Gasteiger partial charge in [0.1, 0.15) is 5.75 Å². The molecule has 2 N–H and O–H groups in total. The highest BCUT2D eigenvalue weighted by Gasteiger charge is 2.56. The summed E-state index contributed by atoms with van der Waals surface area (Å²) < 4.78 is 0. The maximum atomic E-state index is 10.8. The lowest BCUT2D eigenvalue weighted by molar-refractivity contribution is -0.0396. The van der Waals surface area contributed by atoms with Gasteiger partial charge in [-0.3, -0.25) is 0 Å². The molecule has 3 aliphatic carbocycles. The molecule has 0 aliphatic heterocycles. The van der Waals surface area contributed by atoms with Crippen molar-refractivity contribution in [1.29, 1.82) is 0 Å². The zero-order chi connectivity index (χ0) is 21.8. The van der Waals surface area contributed by atoms with Crippen molar-refractivity contribution in [2.45, 2.75) is 109 Å². The van der Waals surface area contributed by atoms with Gasteiger partial charge in [0.2, 0.25) is 0 Å². The van der Waals surface area contributed by atoms with E-state index in [4.69, 9.17) is 0 Å². The molecule has 0 saturated heterocycles. The minimum Gasteiger partial charge on any atom is -0.508 e. The van der Waals surface area contributed by atoms with Gasteiger partial charge < -0.3 is 10.2 Å². The minimum absolute atomic E-state index is 0.110. The molecule has 0 spiro atoms. The normalized spacial score (nSPS) is 34.1. The zero-order valence-corrected chi connectivity index (χ0v) is 19.7. The molecule has 31 heavy (non-hydrogen) atoms. The van der Waals surface area contributed by atoms with Gasteiger partial charge in [0, 0.05) is 0 Å². The van der Waals surface area contributed by atoms with E-state index < -0.39 is 0 Å². The molecular weight excluding hydrogens is 380 g/mol. The van der Waals surface area contributed by atoms with Crippen LogP contribution in [0.3, 0.4) is 0 Å². The van der Waals surface area contributed by atoms with E-state index in [0.29, 0.717) is 29.4 Å². The van der Waals surface area contributed by atoms with Gasteiger partial charge in [0.05, 0.1) is 6.10 Å². The Kier molecular flexibility index (Phi) is 7.47. The van der Waals surface area contributed by atoms with Crippen molar-refractivity contribution < 1.29 is 10.2 Å². The summed E-state index contributed by atoms with van der Waals surface area (Å²) in [5, 5.41) is 20.9. The van der Waals surface area contributed by atoms with E-state index in [0.717, 1.165) is 25.7 Å². The fourth-order valence-corrected chi connectivity index (χ4v) is 7.61. The van der Waals surface area contributed by atoms with Crippen LogP contribution in [0.5, 0.6) is 5.75 Å². The Bertz CT molecular complexity index is 740. The van der Waals surface area contributed by atoms with Gasteiger partial charge in [-0.2, -0.15) is 0 Å². The van der Waals surface area contributed by atoms with Crippen LogP contribution >= 0.6 is 0 Å². The first-order valence-corrected chi connectivity index (χ1v) is 13.2. The largest absolute Gasteiger partial charge is 0.508 e. The van der Waals surface area contributed by atoms with Gasteiger partial charge >= 0.3 is 0 Å². The summed E-state index contributed by atoms with van der Waals surface area (Å²) in [6.45, 7) is 6.19. The number of aliphatic hydroxyl groups is 1. The summed E-state index contributed by atoms with van der Waals surface area (Å²) >= 11 is 0. The zero-order valence-electron chi connectivity index (χ0n) is 19.7. The monoisotopic (exact) mass is 424 g/mol. The van der Waals surface area contributed by atoms with Crippen LogP contribution < -0.4 is 0 Å². The molecule has 5 unspecified atom stereocenters. The van der Waals surface area contributed by atoms with E-state index in [1.54, 1.807) is 0 Å². The molecule has 2 fully saturated rings. The summed E-state index contributed by atoms with van der Waals surface area (Å²) in [7, 11) is 0. The summed E-state index contributed by atoms with van der Waals surface area (Å²) in [6.07, 6.45) is 19.5. The Morgan fingerprint density at radius 2 is 1.77 bits per heavy atom. The number of hydrogen-bond acceptors (Lipinski definition) is 2. The number of phenols is 1. The lowest BCUT2D eigenvalue weighted by Gasteiger charge is -2.53.